The number of amides is 2. The molecular weight excluding hydrogens is 470 g/mol. The standard InChI is InChI=1S/C22H21N9O3S/c1-13-3-9-17(10-4-13)35-12-18-19(26-30-31(18)21-20(23)28-34-29-21)22(33)27-24-11-15-5-7-16(8-6-15)25-14(2)32/h3-11H,12H2,1-2H3,(H2,23,28)(H,25,32)(H,27,33). The molecule has 178 valence electrons. The van der Waals surface area contributed by atoms with Crippen molar-refractivity contribution in [3.05, 3.63) is 71.0 Å². The van der Waals surface area contributed by atoms with Gasteiger partial charge in [0.25, 0.3) is 5.91 Å². The van der Waals surface area contributed by atoms with Gasteiger partial charge in [0.05, 0.1) is 11.9 Å². The minimum atomic E-state index is -0.558. The van der Waals surface area contributed by atoms with Crippen molar-refractivity contribution in [1.29, 1.82) is 0 Å². The Morgan fingerprint density at radius 2 is 1.89 bits per heavy atom. The summed E-state index contributed by atoms with van der Waals surface area (Å²) in [4.78, 5) is 25.0. The van der Waals surface area contributed by atoms with Crippen LogP contribution >= 0.6 is 11.8 Å². The van der Waals surface area contributed by atoms with Crippen LogP contribution in [0.2, 0.25) is 0 Å². The lowest BCUT2D eigenvalue weighted by atomic mass is 10.2. The van der Waals surface area contributed by atoms with Crippen molar-refractivity contribution in [2.45, 2.75) is 24.5 Å². The summed E-state index contributed by atoms with van der Waals surface area (Å²) < 4.78 is 6.00. The molecule has 2 aromatic carbocycles. The van der Waals surface area contributed by atoms with Gasteiger partial charge in [0.15, 0.2) is 5.69 Å². The molecule has 0 unspecified atom stereocenters. The molecular formula is C22H21N9O3S. The van der Waals surface area contributed by atoms with E-state index in [2.05, 4.69) is 41.1 Å². The molecule has 0 saturated carbocycles. The van der Waals surface area contributed by atoms with Crippen LogP contribution in [0.3, 0.4) is 0 Å². The molecule has 4 aromatic rings. The third-order valence-electron chi connectivity index (χ3n) is 4.68. The van der Waals surface area contributed by atoms with Crippen molar-refractivity contribution in [2.24, 2.45) is 5.10 Å². The zero-order valence-electron chi connectivity index (χ0n) is 18.8. The predicted molar refractivity (Wildman–Crippen MR) is 130 cm³/mol. The zero-order chi connectivity index (χ0) is 24.8. The number of thioether (sulfide) groups is 1. The molecule has 2 aromatic heterocycles. The van der Waals surface area contributed by atoms with Crippen molar-refractivity contribution in [2.75, 3.05) is 11.1 Å². The number of hydrazone groups is 1. The van der Waals surface area contributed by atoms with E-state index in [0.29, 0.717) is 17.1 Å². The molecule has 0 saturated heterocycles. The number of nitrogens with one attached hydrogen (secondary N) is 2. The molecule has 0 bridgehead atoms. The van der Waals surface area contributed by atoms with Gasteiger partial charge in [-0.3, -0.25) is 9.59 Å². The van der Waals surface area contributed by atoms with Crippen LogP contribution in [0.4, 0.5) is 11.5 Å². The molecule has 4 N–H and O–H groups in total. The van der Waals surface area contributed by atoms with Gasteiger partial charge in [0.1, 0.15) is 0 Å². The van der Waals surface area contributed by atoms with Gasteiger partial charge < -0.3 is 11.1 Å². The Morgan fingerprint density at radius 3 is 2.54 bits per heavy atom. The number of nitrogens with two attached hydrogens (primary N) is 1. The summed E-state index contributed by atoms with van der Waals surface area (Å²) in [5.41, 5.74) is 11.3. The van der Waals surface area contributed by atoms with Crippen molar-refractivity contribution in [1.82, 2.24) is 30.7 Å². The van der Waals surface area contributed by atoms with Gasteiger partial charge in [-0.25, -0.2) is 10.1 Å². The number of hydrogen-bond donors (Lipinski definition) is 3. The van der Waals surface area contributed by atoms with E-state index in [9.17, 15) is 9.59 Å². The van der Waals surface area contributed by atoms with Gasteiger partial charge in [-0.05, 0) is 47.1 Å². The third kappa shape index (κ3) is 5.89. The van der Waals surface area contributed by atoms with E-state index in [1.165, 1.54) is 29.6 Å². The van der Waals surface area contributed by atoms with Crippen LogP contribution in [0.15, 0.2) is 63.2 Å². The highest BCUT2D eigenvalue weighted by atomic mass is 32.2. The normalized spacial score (nSPS) is 11.0. The second kappa shape index (κ2) is 10.6. The quantitative estimate of drug-likeness (QED) is 0.191. The van der Waals surface area contributed by atoms with Crippen LogP contribution < -0.4 is 16.5 Å². The van der Waals surface area contributed by atoms with E-state index in [4.69, 9.17) is 5.73 Å². The summed E-state index contributed by atoms with van der Waals surface area (Å²) in [6, 6.07) is 14.9. The van der Waals surface area contributed by atoms with E-state index >= 15 is 0 Å². The maximum absolute atomic E-state index is 12.9. The first-order valence-electron chi connectivity index (χ1n) is 10.3. The van der Waals surface area contributed by atoms with E-state index in [-0.39, 0.29) is 23.2 Å². The lowest BCUT2D eigenvalue weighted by Crippen LogP contribution is -2.20. The highest BCUT2D eigenvalue weighted by Crippen LogP contribution is 2.26. The minimum absolute atomic E-state index is 0.0178. The number of carbonyl (C=O) groups is 2. The van der Waals surface area contributed by atoms with Crippen molar-refractivity contribution in [3.8, 4) is 5.82 Å². The lowest BCUT2D eigenvalue weighted by Gasteiger charge is -2.06. The van der Waals surface area contributed by atoms with Crippen molar-refractivity contribution in [3.63, 3.8) is 0 Å². The first kappa shape index (κ1) is 23.6. The Labute approximate surface area is 203 Å². The van der Waals surface area contributed by atoms with Crippen molar-refractivity contribution < 1.29 is 14.2 Å². The van der Waals surface area contributed by atoms with Gasteiger partial charge in [-0.15, -0.1) is 16.9 Å². The summed E-state index contributed by atoms with van der Waals surface area (Å²) in [5.74, 6) is -0.217. The average molecular weight is 492 g/mol. The highest BCUT2D eigenvalue weighted by molar-refractivity contribution is 7.98. The first-order chi connectivity index (χ1) is 16.9. The number of benzene rings is 2. The molecule has 12 nitrogen and oxygen atoms in total. The second-order valence-corrected chi connectivity index (χ2v) is 8.42. The number of nitrogens with zero attached hydrogens (tertiary/aromatic N) is 6. The van der Waals surface area contributed by atoms with Gasteiger partial charge in [0.2, 0.25) is 17.5 Å². The molecule has 0 radical (unpaired) electrons. The fourth-order valence-electron chi connectivity index (χ4n) is 2.98. The number of aryl methyl sites for hydroxylation is 1. The predicted octanol–water partition coefficient (Wildman–Crippen LogP) is 2.56. The van der Waals surface area contributed by atoms with Crippen LogP contribution in [0, 0.1) is 6.92 Å². The Balaban J connectivity index is 1.51. The van der Waals surface area contributed by atoms with Crippen LogP contribution in [0.1, 0.15) is 34.2 Å². The minimum Gasteiger partial charge on any atom is -0.378 e. The number of hydrogen-bond acceptors (Lipinski definition) is 10. The Hall–Kier alpha value is -4.52. The van der Waals surface area contributed by atoms with Crippen LogP contribution in [0.5, 0.6) is 0 Å². The topological polar surface area (TPSA) is 166 Å². The van der Waals surface area contributed by atoms with Gasteiger partial charge in [-0.2, -0.15) is 9.78 Å². The Kier molecular flexibility index (Phi) is 7.16. The van der Waals surface area contributed by atoms with Gasteiger partial charge >= 0.3 is 0 Å². The number of anilines is 2. The summed E-state index contributed by atoms with van der Waals surface area (Å²) in [6.07, 6.45) is 1.47. The molecule has 4 rings (SSSR count). The molecule has 0 atom stereocenters. The third-order valence-corrected chi connectivity index (χ3v) is 5.71. The summed E-state index contributed by atoms with van der Waals surface area (Å²) in [5, 5.41) is 22.1. The van der Waals surface area contributed by atoms with Gasteiger partial charge in [-0.1, -0.05) is 35.0 Å². The maximum Gasteiger partial charge on any atom is 0.293 e. The number of aromatic nitrogens is 5. The first-order valence-corrected chi connectivity index (χ1v) is 11.3. The molecule has 2 heterocycles. The summed E-state index contributed by atoms with van der Waals surface area (Å²) in [7, 11) is 0. The van der Waals surface area contributed by atoms with E-state index in [0.717, 1.165) is 16.0 Å². The number of carbonyl (C=O) groups excluding carboxylic acids is 2. The maximum atomic E-state index is 12.9. The lowest BCUT2D eigenvalue weighted by molar-refractivity contribution is -0.114. The highest BCUT2D eigenvalue weighted by Gasteiger charge is 2.24. The SMILES string of the molecule is CC(=O)Nc1ccc(C=NNC(=O)c2nnn(-c3nonc3N)c2CSc2ccc(C)cc2)cc1. The molecule has 0 spiro atoms. The zero-order valence-corrected chi connectivity index (χ0v) is 19.6. The van der Waals surface area contributed by atoms with E-state index in [1.807, 2.05) is 31.2 Å². The van der Waals surface area contributed by atoms with E-state index in [1.54, 1.807) is 24.3 Å². The molecule has 0 aliphatic heterocycles. The largest absolute Gasteiger partial charge is 0.378 e. The Morgan fingerprint density at radius 1 is 1.14 bits per heavy atom. The summed E-state index contributed by atoms with van der Waals surface area (Å²) >= 11 is 1.49. The molecule has 2 amide bonds. The van der Waals surface area contributed by atoms with Crippen LogP contribution in [-0.2, 0) is 10.5 Å². The second-order valence-electron chi connectivity index (χ2n) is 7.37. The van der Waals surface area contributed by atoms with Crippen molar-refractivity contribution >= 4 is 41.3 Å². The molecule has 0 fully saturated rings. The Bertz CT molecular complexity index is 1360. The number of rotatable bonds is 8. The molecule has 0 aliphatic rings. The number of nitrogen functional groups attached to an aromatic ring is 1. The monoisotopic (exact) mass is 491 g/mol. The average Bonchev–Trinajstić information content (AvgIpc) is 3.45. The smallest absolute Gasteiger partial charge is 0.293 e. The van der Waals surface area contributed by atoms with Crippen LogP contribution in [0.25, 0.3) is 5.82 Å². The van der Waals surface area contributed by atoms with Crippen LogP contribution in [-0.4, -0.2) is 43.3 Å². The molecule has 13 heteroatoms. The van der Waals surface area contributed by atoms with Gasteiger partial charge in [0, 0.05) is 23.3 Å². The fraction of sp³-hybridized carbons (Fsp3) is 0.136. The molecule has 35 heavy (non-hydrogen) atoms. The summed E-state index contributed by atoms with van der Waals surface area (Å²) in [6.45, 7) is 3.44. The molecule has 0 aliphatic carbocycles. The fourth-order valence-corrected chi connectivity index (χ4v) is 3.87. The van der Waals surface area contributed by atoms with E-state index < -0.39 is 5.91 Å².